The van der Waals surface area contributed by atoms with Gasteiger partial charge in [-0.05, 0) is 47.5 Å². The van der Waals surface area contributed by atoms with Crippen LogP contribution >= 0.6 is 10.0 Å². The summed E-state index contributed by atoms with van der Waals surface area (Å²) in [5.74, 6) is 2.00. The normalized spacial score (nSPS) is 13.6. The van der Waals surface area contributed by atoms with Crippen molar-refractivity contribution in [2.45, 2.75) is 19.6 Å². The summed E-state index contributed by atoms with van der Waals surface area (Å²) in [5.41, 5.74) is 5.46. The molecule has 43 heavy (non-hydrogen) atoms. The Kier molecular flexibility index (Phi) is 6.20. The fraction of sp³-hybridized carbons (Fsp3) is 0. The van der Waals surface area contributed by atoms with Crippen LogP contribution in [0.2, 0.25) is 0 Å². The van der Waals surface area contributed by atoms with Crippen LogP contribution in [0.5, 0.6) is 0 Å². The third kappa shape index (κ3) is 4.18. The van der Waals surface area contributed by atoms with E-state index in [1.165, 1.54) is 30.7 Å². The second-order valence-corrected chi connectivity index (χ2v) is 13.5. The van der Waals surface area contributed by atoms with Crippen LogP contribution < -0.4 is 0 Å². The van der Waals surface area contributed by atoms with Crippen LogP contribution in [0, 0.1) is 0 Å². The third-order valence-electron chi connectivity index (χ3n) is 7.97. The third-order valence-corrected chi connectivity index (χ3v) is 11.9. The van der Waals surface area contributed by atoms with Crippen molar-refractivity contribution in [1.29, 1.82) is 0 Å². The molecule has 6 aromatic carbocycles. The molecule has 7 aromatic rings. The van der Waals surface area contributed by atoms with Crippen LogP contribution in [-0.4, -0.2) is 15.0 Å². The van der Waals surface area contributed by atoms with Crippen LogP contribution in [0.3, 0.4) is 0 Å². The van der Waals surface area contributed by atoms with Crippen molar-refractivity contribution < 1.29 is 0 Å². The average molecular weight is 570 g/mol. The van der Waals surface area contributed by atoms with Crippen molar-refractivity contribution in [2.75, 3.05) is 0 Å². The van der Waals surface area contributed by atoms with Crippen LogP contribution in [0.15, 0.2) is 183 Å². The van der Waals surface area contributed by atoms with Gasteiger partial charge in [0.15, 0.2) is 17.5 Å². The minimum atomic E-state index is -1.76. The van der Waals surface area contributed by atoms with Gasteiger partial charge < -0.3 is 0 Å². The first-order valence-corrected chi connectivity index (χ1v) is 16.0. The van der Waals surface area contributed by atoms with E-state index >= 15 is 0 Å². The Labute approximate surface area is 252 Å². The zero-order valence-electron chi connectivity index (χ0n) is 23.3. The van der Waals surface area contributed by atoms with Crippen molar-refractivity contribution in [3.05, 3.63) is 164 Å². The molecule has 0 radical (unpaired) electrons. The first-order chi connectivity index (χ1) is 21.3. The van der Waals surface area contributed by atoms with Gasteiger partial charge >= 0.3 is 0 Å². The molecule has 2 heterocycles. The second kappa shape index (κ2) is 10.5. The summed E-state index contributed by atoms with van der Waals surface area (Å²) >= 11 is 0. The van der Waals surface area contributed by atoms with Crippen LogP contribution in [-0.2, 0) is 0 Å². The number of rotatable bonds is 5. The van der Waals surface area contributed by atoms with Gasteiger partial charge in [0.05, 0.1) is 0 Å². The highest BCUT2D eigenvalue weighted by Gasteiger charge is 2.42. The highest BCUT2D eigenvalue weighted by molar-refractivity contribution is 8.34. The molecule has 1 aliphatic rings. The van der Waals surface area contributed by atoms with Crippen molar-refractivity contribution in [3.63, 3.8) is 0 Å². The van der Waals surface area contributed by atoms with E-state index in [0.717, 1.165) is 16.7 Å². The van der Waals surface area contributed by atoms with E-state index in [2.05, 4.69) is 103 Å². The Hall–Kier alpha value is -5.32. The van der Waals surface area contributed by atoms with Gasteiger partial charge in [-0.2, -0.15) is 0 Å². The molecule has 204 valence electrons. The number of nitrogens with zero attached hydrogens (tertiary/aromatic N) is 3. The lowest BCUT2D eigenvalue weighted by Crippen LogP contribution is -2.03. The lowest BCUT2D eigenvalue weighted by atomic mass is 10.0. The maximum atomic E-state index is 5.05. The molecular formula is C39H27N3S. The van der Waals surface area contributed by atoms with E-state index in [1.807, 2.05) is 60.7 Å². The number of fused-ring (bicyclic) bond motifs is 3. The lowest BCUT2D eigenvalue weighted by Gasteiger charge is -2.39. The molecule has 0 saturated carbocycles. The summed E-state index contributed by atoms with van der Waals surface area (Å²) in [6, 6.07) is 57.9. The van der Waals surface area contributed by atoms with E-state index in [9.17, 15) is 0 Å². The van der Waals surface area contributed by atoms with E-state index in [1.54, 1.807) is 0 Å². The van der Waals surface area contributed by atoms with Gasteiger partial charge in [-0.3, -0.25) is 0 Å². The van der Waals surface area contributed by atoms with Gasteiger partial charge in [0, 0.05) is 36.3 Å². The largest absolute Gasteiger partial charge is 0.208 e. The number of benzene rings is 6. The first-order valence-electron chi connectivity index (χ1n) is 14.4. The maximum absolute atomic E-state index is 5.05. The van der Waals surface area contributed by atoms with Crippen molar-refractivity contribution in [1.82, 2.24) is 15.0 Å². The molecule has 0 unspecified atom stereocenters. The summed E-state index contributed by atoms with van der Waals surface area (Å²) in [6.45, 7) is 0. The molecule has 0 aliphatic carbocycles. The van der Waals surface area contributed by atoms with Crippen molar-refractivity contribution in [3.8, 4) is 45.3 Å². The smallest absolute Gasteiger partial charge is 0.164 e. The fourth-order valence-corrected chi connectivity index (χ4v) is 10.3. The van der Waals surface area contributed by atoms with E-state index < -0.39 is 10.0 Å². The molecule has 0 fully saturated rings. The standard InChI is InChI=1S/C39H27N3S/c1-5-15-28(16-6-1)37-40-38(29-17-7-2-8-18-29)42-39(41-37)30-25-26-34-33-23-13-14-24-35(33)43(36(34)27-30,31-19-9-3-10-20-31)32-21-11-4-12-22-32/h1-27H. The van der Waals surface area contributed by atoms with E-state index in [0.29, 0.717) is 17.5 Å². The molecule has 1 aliphatic heterocycles. The maximum Gasteiger partial charge on any atom is 0.164 e. The molecule has 0 bridgehead atoms. The number of aromatic nitrogens is 3. The van der Waals surface area contributed by atoms with Crippen LogP contribution in [0.1, 0.15) is 0 Å². The zero-order chi connectivity index (χ0) is 28.6. The highest BCUT2D eigenvalue weighted by Crippen LogP contribution is 2.80. The average Bonchev–Trinajstić information content (AvgIpc) is 3.40. The van der Waals surface area contributed by atoms with Crippen LogP contribution in [0.4, 0.5) is 0 Å². The minimum Gasteiger partial charge on any atom is -0.208 e. The summed E-state index contributed by atoms with van der Waals surface area (Å²) in [4.78, 5) is 20.3. The van der Waals surface area contributed by atoms with Crippen molar-refractivity contribution in [2.24, 2.45) is 0 Å². The van der Waals surface area contributed by atoms with Gasteiger partial charge in [-0.25, -0.2) is 15.0 Å². The summed E-state index contributed by atoms with van der Waals surface area (Å²) in [6.07, 6.45) is 0. The molecule has 0 amide bonds. The Morgan fingerprint density at radius 3 is 1.28 bits per heavy atom. The summed E-state index contributed by atoms with van der Waals surface area (Å²) < 4.78 is 0. The number of hydrogen-bond donors (Lipinski definition) is 0. The molecule has 1 aromatic heterocycles. The van der Waals surface area contributed by atoms with Gasteiger partial charge in [0.1, 0.15) is 0 Å². The number of hydrogen-bond acceptors (Lipinski definition) is 3. The molecule has 8 rings (SSSR count). The lowest BCUT2D eigenvalue weighted by molar-refractivity contribution is 1.07. The van der Waals surface area contributed by atoms with Crippen molar-refractivity contribution >= 4 is 10.0 Å². The monoisotopic (exact) mass is 569 g/mol. The Balaban J connectivity index is 1.41. The first kappa shape index (κ1) is 25.4. The predicted molar refractivity (Wildman–Crippen MR) is 175 cm³/mol. The highest BCUT2D eigenvalue weighted by atomic mass is 32.3. The van der Waals surface area contributed by atoms with Gasteiger partial charge in [-0.1, -0.05) is 127 Å². The van der Waals surface area contributed by atoms with Gasteiger partial charge in [0.2, 0.25) is 0 Å². The zero-order valence-corrected chi connectivity index (χ0v) is 24.2. The van der Waals surface area contributed by atoms with Gasteiger partial charge in [0.25, 0.3) is 0 Å². The van der Waals surface area contributed by atoms with E-state index in [4.69, 9.17) is 15.0 Å². The summed E-state index contributed by atoms with van der Waals surface area (Å²) in [7, 11) is -1.76. The Morgan fingerprint density at radius 1 is 0.326 bits per heavy atom. The molecule has 0 N–H and O–H groups in total. The Morgan fingerprint density at radius 2 is 0.744 bits per heavy atom. The minimum absolute atomic E-state index is 0.665. The molecule has 0 saturated heterocycles. The molecular weight excluding hydrogens is 543 g/mol. The van der Waals surface area contributed by atoms with Crippen LogP contribution in [0.25, 0.3) is 45.3 Å². The van der Waals surface area contributed by atoms with E-state index in [-0.39, 0.29) is 0 Å². The SMILES string of the molecule is c1ccc(-c2nc(-c3ccccc3)nc(-c3ccc4c(c3)S(c3ccccc3)(c3ccccc3)c3ccccc3-4)n2)cc1. The molecule has 0 atom stereocenters. The quantitative estimate of drug-likeness (QED) is 0.207. The molecule has 3 nitrogen and oxygen atoms in total. The fourth-order valence-electron chi connectivity index (χ4n) is 6.04. The topological polar surface area (TPSA) is 38.7 Å². The summed E-state index contributed by atoms with van der Waals surface area (Å²) in [5, 5.41) is 0. The van der Waals surface area contributed by atoms with Gasteiger partial charge in [-0.15, -0.1) is 10.0 Å². The molecule has 0 spiro atoms. The molecule has 4 heteroatoms. The Bertz CT molecular complexity index is 1960. The second-order valence-electron chi connectivity index (χ2n) is 10.5. The predicted octanol–water partition coefficient (Wildman–Crippen LogP) is 10.2.